The Bertz CT molecular complexity index is 892. The summed E-state index contributed by atoms with van der Waals surface area (Å²) in [6.45, 7) is 5.33. The average Bonchev–Trinajstić information content (AvgIpc) is 3.17. The molecule has 1 saturated heterocycles. The number of benzene rings is 1. The van der Waals surface area contributed by atoms with Crippen LogP contribution in [-0.2, 0) is 13.0 Å². The third kappa shape index (κ3) is 4.02. The van der Waals surface area contributed by atoms with Crippen LogP contribution in [0.15, 0.2) is 34.2 Å². The van der Waals surface area contributed by atoms with Gasteiger partial charge in [-0.15, -0.1) is 0 Å². The van der Waals surface area contributed by atoms with E-state index in [1.165, 1.54) is 12.1 Å². The van der Waals surface area contributed by atoms with E-state index in [-0.39, 0.29) is 17.3 Å². The number of nitrogens with zero attached hydrogens (tertiary/aromatic N) is 3. The van der Waals surface area contributed by atoms with Crippen molar-refractivity contribution in [3.63, 3.8) is 0 Å². The van der Waals surface area contributed by atoms with Crippen molar-refractivity contribution >= 4 is 11.8 Å². The van der Waals surface area contributed by atoms with E-state index in [2.05, 4.69) is 9.88 Å². The molecular weight excluding hydrogens is 377 g/mol. The molecule has 1 atom stereocenters. The number of thioether (sulfide) groups is 1. The Kier molecular flexibility index (Phi) is 5.85. The minimum absolute atomic E-state index is 0.120. The van der Waals surface area contributed by atoms with Crippen molar-refractivity contribution in [2.24, 2.45) is 5.92 Å². The van der Waals surface area contributed by atoms with Gasteiger partial charge < -0.3 is 10.0 Å². The third-order valence-electron chi connectivity index (χ3n) is 5.95. The molecule has 0 radical (unpaired) electrons. The molecule has 0 bridgehead atoms. The number of fused-ring (bicyclic) bond motifs is 1. The highest BCUT2D eigenvalue weighted by Gasteiger charge is 2.27. The summed E-state index contributed by atoms with van der Waals surface area (Å²) in [4.78, 5) is 19.7. The van der Waals surface area contributed by atoms with Crippen LogP contribution in [0.2, 0.25) is 0 Å². The molecule has 7 heteroatoms. The zero-order chi connectivity index (χ0) is 19.7. The SMILES string of the molecule is Cc1nc2n(c(=O)c1CCN1CCC(C(O)c3ccc(F)cc3)CC1)CCS2. The van der Waals surface area contributed by atoms with Gasteiger partial charge in [-0.1, -0.05) is 23.9 Å². The van der Waals surface area contributed by atoms with E-state index in [0.29, 0.717) is 6.42 Å². The zero-order valence-electron chi connectivity index (χ0n) is 16.1. The second-order valence-electron chi connectivity index (χ2n) is 7.69. The molecule has 0 aliphatic carbocycles. The normalized spacial score (nSPS) is 19.0. The van der Waals surface area contributed by atoms with Crippen LogP contribution in [0, 0.1) is 18.7 Å². The molecule has 3 heterocycles. The number of hydrogen-bond donors (Lipinski definition) is 1. The van der Waals surface area contributed by atoms with E-state index in [4.69, 9.17) is 0 Å². The maximum Gasteiger partial charge on any atom is 0.257 e. The molecule has 1 unspecified atom stereocenters. The van der Waals surface area contributed by atoms with Crippen LogP contribution in [0.5, 0.6) is 0 Å². The molecule has 1 N–H and O–H groups in total. The van der Waals surface area contributed by atoms with Gasteiger partial charge in [0, 0.05) is 30.1 Å². The number of aromatic nitrogens is 2. The summed E-state index contributed by atoms with van der Waals surface area (Å²) < 4.78 is 14.9. The lowest BCUT2D eigenvalue weighted by atomic mass is 9.87. The lowest BCUT2D eigenvalue weighted by Crippen LogP contribution is -2.38. The molecule has 28 heavy (non-hydrogen) atoms. The van der Waals surface area contributed by atoms with Crippen molar-refractivity contribution in [3.05, 3.63) is 57.3 Å². The Hall–Kier alpha value is -1.70. The van der Waals surface area contributed by atoms with E-state index in [1.54, 1.807) is 28.5 Å². The van der Waals surface area contributed by atoms with E-state index in [1.807, 2.05) is 6.92 Å². The number of aryl methyl sites for hydroxylation is 1. The van der Waals surface area contributed by atoms with Gasteiger partial charge in [0.25, 0.3) is 5.56 Å². The second-order valence-corrected chi connectivity index (χ2v) is 8.75. The minimum Gasteiger partial charge on any atom is -0.388 e. The molecule has 5 nitrogen and oxygen atoms in total. The van der Waals surface area contributed by atoms with Crippen molar-refractivity contribution in [3.8, 4) is 0 Å². The predicted octanol–water partition coefficient (Wildman–Crippen LogP) is 2.78. The first-order chi connectivity index (χ1) is 13.5. The Labute approximate surface area is 168 Å². The van der Waals surface area contributed by atoms with E-state index in [9.17, 15) is 14.3 Å². The van der Waals surface area contributed by atoms with Gasteiger partial charge in [0.05, 0.1) is 6.10 Å². The maximum atomic E-state index is 13.1. The van der Waals surface area contributed by atoms with Crippen molar-refractivity contribution in [2.45, 2.75) is 44.0 Å². The van der Waals surface area contributed by atoms with Crippen LogP contribution in [-0.4, -0.2) is 44.9 Å². The van der Waals surface area contributed by atoms with Gasteiger partial charge in [-0.05, 0) is 62.9 Å². The lowest BCUT2D eigenvalue weighted by Gasteiger charge is -2.34. The molecule has 4 rings (SSSR count). The van der Waals surface area contributed by atoms with Crippen LogP contribution >= 0.6 is 11.8 Å². The van der Waals surface area contributed by atoms with Crippen LogP contribution in [0.1, 0.15) is 35.8 Å². The van der Waals surface area contributed by atoms with Crippen LogP contribution in [0.4, 0.5) is 4.39 Å². The molecule has 1 aromatic heterocycles. The van der Waals surface area contributed by atoms with Crippen molar-refractivity contribution < 1.29 is 9.50 Å². The van der Waals surface area contributed by atoms with Crippen molar-refractivity contribution in [2.75, 3.05) is 25.4 Å². The summed E-state index contributed by atoms with van der Waals surface area (Å²) >= 11 is 1.65. The number of rotatable bonds is 5. The van der Waals surface area contributed by atoms with Gasteiger partial charge in [0.15, 0.2) is 5.16 Å². The zero-order valence-corrected chi connectivity index (χ0v) is 16.9. The summed E-state index contributed by atoms with van der Waals surface area (Å²) in [6.07, 6.45) is 1.96. The van der Waals surface area contributed by atoms with Crippen molar-refractivity contribution in [1.82, 2.24) is 14.5 Å². The Balaban J connectivity index is 1.33. The van der Waals surface area contributed by atoms with Gasteiger partial charge in [0.2, 0.25) is 0 Å². The number of halogens is 1. The molecule has 0 amide bonds. The monoisotopic (exact) mass is 403 g/mol. The van der Waals surface area contributed by atoms with Gasteiger partial charge in [0.1, 0.15) is 5.82 Å². The first kappa shape index (κ1) is 19.6. The molecule has 2 aromatic rings. The van der Waals surface area contributed by atoms with E-state index in [0.717, 1.165) is 66.8 Å². The standard InChI is InChI=1S/C21H26FN3O2S/c1-14-18(20(27)25-12-13-28-21(25)23-14)8-11-24-9-6-16(7-10-24)19(26)15-2-4-17(22)5-3-15/h2-5,16,19,26H,6-13H2,1H3. The second kappa shape index (κ2) is 8.35. The number of likely N-dealkylation sites (tertiary alicyclic amines) is 1. The van der Waals surface area contributed by atoms with Gasteiger partial charge in [-0.2, -0.15) is 0 Å². The fourth-order valence-corrected chi connectivity index (χ4v) is 5.18. The summed E-state index contributed by atoms with van der Waals surface area (Å²) in [6, 6.07) is 6.14. The Morgan fingerprint density at radius 3 is 2.68 bits per heavy atom. The lowest BCUT2D eigenvalue weighted by molar-refractivity contribution is 0.0591. The average molecular weight is 404 g/mol. The summed E-state index contributed by atoms with van der Waals surface area (Å²) in [5.41, 5.74) is 2.59. The van der Waals surface area contributed by atoms with Gasteiger partial charge in [-0.25, -0.2) is 9.37 Å². The number of hydrogen-bond acceptors (Lipinski definition) is 5. The van der Waals surface area contributed by atoms with E-state index < -0.39 is 6.10 Å². The smallest absolute Gasteiger partial charge is 0.257 e. The van der Waals surface area contributed by atoms with Gasteiger partial charge >= 0.3 is 0 Å². The fourth-order valence-electron chi connectivity index (χ4n) is 4.19. The van der Waals surface area contributed by atoms with E-state index >= 15 is 0 Å². The summed E-state index contributed by atoms with van der Waals surface area (Å²) in [7, 11) is 0. The third-order valence-corrected chi connectivity index (χ3v) is 6.91. The molecule has 1 aromatic carbocycles. The predicted molar refractivity (Wildman–Crippen MR) is 108 cm³/mol. The number of aliphatic hydroxyl groups is 1. The fraction of sp³-hybridized carbons (Fsp3) is 0.524. The van der Waals surface area contributed by atoms with Crippen LogP contribution in [0.25, 0.3) is 0 Å². The molecule has 2 aliphatic heterocycles. The quantitative estimate of drug-likeness (QED) is 0.778. The highest BCUT2D eigenvalue weighted by Crippen LogP contribution is 2.31. The minimum atomic E-state index is -0.548. The van der Waals surface area contributed by atoms with Gasteiger partial charge in [-0.3, -0.25) is 9.36 Å². The largest absolute Gasteiger partial charge is 0.388 e. The molecular formula is C21H26FN3O2S. The first-order valence-electron chi connectivity index (χ1n) is 9.92. The highest BCUT2D eigenvalue weighted by atomic mass is 32.2. The molecule has 2 aliphatic rings. The Morgan fingerprint density at radius 2 is 1.96 bits per heavy atom. The topological polar surface area (TPSA) is 58.4 Å². The number of aliphatic hydroxyl groups excluding tert-OH is 1. The van der Waals surface area contributed by atoms with Crippen LogP contribution < -0.4 is 5.56 Å². The summed E-state index contributed by atoms with van der Waals surface area (Å²) in [5.74, 6) is 0.832. The molecule has 1 fully saturated rings. The molecule has 150 valence electrons. The van der Waals surface area contributed by atoms with Crippen LogP contribution in [0.3, 0.4) is 0 Å². The molecule has 0 spiro atoms. The Morgan fingerprint density at radius 1 is 1.25 bits per heavy atom. The van der Waals surface area contributed by atoms with Crippen molar-refractivity contribution in [1.29, 1.82) is 0 Å². The highest BCUT2D eigenvalue weighted by molar-refractivity contribution is 7.99. The number of piperidine rings is 1. The maximum absolute atomic E-state index is 13.1. The summed E-state index contributed by atoms with van der Waals surface area (Å²) in [5, 5.41) is 11.4. The molecule has 0 saturated carbocycles. The first-order valence-corrected chi connectivity index (χ1v) is 10.9.